The molecular weight excluding hydrogens is 274 g/mol. The molecule has 1 saturated heterocycles. The summed E-state index contributed by atoms with van der Waals surface area (Å²) in [5.41, 5.74) is 0. The number of nitrogens with one attached hydrogen (secondary N) is 2. The van der Waals surface area contributed by atoms with Gasteiger partial charge in [-0.05, 0) is 64.0 Å². The van der Waals surface area contributed by atoms with E-state index in [1.165, 1.54) is 38.5 Å². The van der Waals surface area contributed by atoms with E-state index in [-0.39, 0.29) is 18.3 Å². The van der Waals surface area contributed by atoms with E-state index in [0.29, 0.717) is 18.6 Å². The van der Waals surface area contributed by atoms with Gasteiger partial charge in [-0.25, -0.2) is 0 Å². The molecule has 0 aromatic rings. The molecule has 3 fully saturated rings. The molecule has 0 radical (unpaired) electrons. The van der Waals surface area contributed by atoms with Gasteiger partial charge in [0.15, 0.2) is 0 Å². The lowest BCUT2D eigenvalue weighted by atomic mass is 10.1. The zero-order valence-corrected chi connectivity index (χ0v) is 13.3. The highest BCUT2D eigenvalue weighted by molar-refractivity contribution is 5.85. The zero-order valence-electron chi connectivity index (χ0n) is 12.4. The lowest BCUT2D eigenvalue weighted by molar-refractivity contribution is -0.123. The molecule has 4 nitrogen and oxygen atoms in total. The SMILES string of the molecule is CNC1CCCN(CC(=O)NC(C2CC2)C2CC2)C1.Cl. The minimum atomic E-state index is 0. The summed E-state index contributed by atoms with van der Waals surface area (Å²) in [6.45, 7) is 2.68. The molecule has 2 aliphatic carbocycles. The summed E-state index contributed by atoms with van der Waals surface area (Å²) in [6, 6.07) is 1.06. The summed E-state index contributed by atoms with van der Waals surface area (Å²) in [7, 11) is 2.02. The Bertz CT molecular complexity index is 319. The molecule has 1 amide bonds. The van der Waals surface area contributed by atoms with Crippen LogP contribution in [0.2, 0.25) is 0 Å². The fourth-order valence-electron chi connectivity index (χ4n) is 3.40. The highest BCUT2D eigenvalue weighted by Gasteiger charge is 2.42. The minimum absolute atomic E-state index is 0. The van der Waals surface area contributed by atoms with Crippen molar-refractivity contribution in [2.75, 3.05) is 26.7 Å². The molecule has 0 aromatic carbocycles. The first-order chi connectivity index (χ1) is 9.26. The molecule has 1 unspecified atom stereocenters. The van der Waals surface area contributed by atoms with Crippen LogP contribution in [0.15, 0.2) is 0 Å². The fraction of sp³-hybridized carbons (Fsp3) is 0.933. The second-order valence-electron chi connectivity index (χ2n) is 6.63. The number of likely N-dealkylation sites (N-methyl/N-ethyl adjacent to an activating group) is 1. The normalized spacial score (nSPS) is 27.2. The van der Waals surface area contributed by atoms with E-state index in [1.807, 2.05) is 7.05 Å². The van der Waals surface area contributed by atoms with Gasteiger partial charge in [-0.2, -0.15) is 0 Å². The Morgan fingerprint density at radius 3 is 2.40 bits per heavy atom. The highest BCUT2D eigenvalue weighted by atomic mass is 35.5. The Hall–Kier alpha value is -0.320. The molecule has 0 aromatic heterocycles. The summed E-state index contributed by atoms with van der Waals surface area (Å²) in [5.74, 6) is 1.84. The average molecular weight is 302 g/mol. The molecule has 1 atom stereocenters. The number of hydrogen-bond donors (Lipinski definition) is 2. The Balaban J connectivity index is 0.00000147. The second-order valence-corrected chi connectivity index (χ2v) is 6.63. The Kier molecular flexibility index (Phi) is 5.70. The van der Waals surface area contributed by atoms with Crippen LogP contribution < -0.4 is 10.6 Å². The van der Waals surface area contributed by atoms with Crippen molar-refractivity contribution in [1.82, 2.24) is 15.5 Å². The van der Waals surface area contributed by atoms with Gasteiger partial charge in [0.2, 0.25) is 5.91 Å². The van der Waals surface area contributed by atoms with E-state index in [2.05, 4.69) is 15.5 Å². The average Bonchev–Trinajstić information content (AvgIpc) is 3.29. The number of rotatable bonds is 6. The van der Waals surface area contributed by atoms with Crippen molar-refractivity contribution in [3.05, 3.63) is 0 Å². The molecule has 3 rings (SSSR count). The number of hydrogen-bond acceptors (Lipinski definition) is 3. The lowest BCUT2D eigenvalue weighted by Crippen LogP contribution is -2.49. The minimum Gasteiger partial charge on any atom is -0.352 e. The largest absolute Gasteiger partial charge is 0.352 e. The lowest BCUT2D eigenvalue weighted by Gasteiger charge is -2.32. The van der Waals surface area contributed by atoms with Gasteiger partial charge in [-0.15, -0.1) is 12.4 Å². The number of likely N-dealkylation sites (tertiary alicyclic amines) is 1. The number of halogens is 1. The molecule has 1 heterocycles. The number of nitrogens with zero attached hydrogens (tertiary/aromatic N) is 1. The van der Waals surface area contributed by atoms with E-state index in [1.54, 1.807) is 0 Å². The molecule has 1 aliphatic heterocycles. The summed E-state index contributed by atoms with van der Waals surface area (Å²) in [4.78, 5) is 14.5. The first kappa shape index (κ1) is 16.1. The van der Waals surface area contributed by atoms with Gasteiger partial charge in [0.05, 0.1) is 6.54 Å². The summed E-state index contributed by atoms with van der Waals surface area (Å²) in [6.07, 6.45) is 7.74. The monoisotopic (exact) mass is 301 g/mol. The maximum atomic E-state index is 12.2. The number of carbonyl (C=O) groups excluding carboxylic acids is 1. The highest BCUT2D eigenvalue weighted by Crippen LogP contribution is 2.44. The van der Waals surface area contributed by atoms with Crippen molar-refractivity contribution in [3.8, 4) is 0 Å². The van der Waals surface area contributed by atoms with Crippen molar-refractivity contribution in [2.45, 2.75) is 50.6 Å². The molecule has 0 bridgehead atoms. The van der Waals surface area contributed by atoms with Crippen molar-refractivity contribution in [3.63, 3.8) is 0 Å². The predicted molar refractivity (Wildman–Crippen MR) is 83.1 cm³/mol. The van der Waals surface area contributed by atoms with Gasteiger partial charge in [-0.3, -0.25) is 9.69 Å². The van der Waals surface area contributed by atoms with Gasteiger partial charge < -0.3 is 10.6 Å². The van der Waals surface area contributed by atoms with Crippen LogP contribution in [0.4, 0.5) is 0 Å². The van der Waals surface area contributed by atoms with E-state index < -0.39 is 0 Å². The summed E-state index contributed by atoms with van der Waals surface area (Å²) in [5, 5.41) is 6.65. The Labute approximate surface area is 128 Å². The van der Waals surface area contributed by atoms with Crippen molar-refractivity contribution < 1.29 is 4.79 Å². The standard InChI is InChI=1S/C15H27N3O.ClH/c1-16-13-3-2-8-18(9-13)10-14(19)17-15(11-4-5-11)12-6-7-12;/h11-13,15-16H,2-10H2,1H3,(H,17,19);1H. The van der Waals surface area contributed by atoms with E-state index in [9.17, 15) is 4.79 Å². The third-order valence-corrected chi connectivity index (χ3v) is 4.87. The first-order valence-corrected chi connectivity index (χ1v) is 7.95. The van der Waals surface area contributed by atoms with Gasteiger partial charge in [0.1, 0.15) is 0 Å². The number of carbonyl (C=O) groups is 1. The van der Waals surface area contributed by atoms with Crippen LogP contribution >= 0.6 is 12.4 Å². The molecule has 5 heteroatoms. The van der Waals surface area contributed by atoms with Crippen LogP contribution in [0.25, 0.3) is 0 Å². The summed E-state index contributed by atoms with van der Waals surface area (Å²) < 4.78 is 0. The molecule has 3 aliphatic rings. The smallest absolute Gasteiger partial charge is 0.234 e. The quantitative estimate of drug-likeness (QED) is 0.779. The molecular formula is C15H28ClN3O. The Morgan fingerprint density at radius 1 is 1.20 bits per heavy atom. The van der Waals surface area contributed by atoms with Crippen LogP contribution in [0, 0.1) is 11.8 Å². The van der Waals surface area contributed by atoms with Gasteiger partial charge in [0.25, 0.3) is 0 Å². The van der Waals surface area contributed by atoms with E-state index in [4.69, 9.17) is 0 Å². The first-order valence-electron chi connectivity index (χ1n) is 7.95. The maximum absolute atomic E-state index is 12.2. The van der Waals surface area contributed by atoms with Crippen LogP contribution in [0.3, 0.4) is 0 Å². The van der Waals surface area contributed by atoms with Crippen LogP contribution in [-0.2, 0) is 4.79 Å². The second kappa shape index (κ2) is 7.10. The van der Waals surface area contributed by atoms with Crippen molar-refractivity contribution in [2.24, 2.45) is 11.8 Å². The fourth-order valence-corrected chi connectivity index (χ4v) is 3.40. The molecule has 20 heavy (non-hydrogen) atoms. The van der Waals surface area contributed by atoms with Gasteiger partial charge >= 0.3 is 0 Å². The van der Waals surface area contributed by atoms with Crippen LogP contribution in [0.5, 0.6) is 0 Å². The van der Waals surface area contributed by atoms with E-state index in [0.717, 1.165) is 24.9 Å². The maximum Gasteiger partial charge on any atom is 0.234 e. The molecule has 2 saturated carbocycles. The molecule has 116 valence electrons. The zero-order chi connectivity index (χ0) is 13.2. The van der Waals surface area contributed by atoms with Gasteiger partial charge in [-0.1, -0.05) is 0 Å². The molecule has 0 spiro atoms. The number of amides is 1. The number of piperidine rings is 1. The summed E-state index contributed by atoms with van der Waals surface area (Å²) >= 11 is 0. The van der Waals surface area contributed by atoms with Crippen molar-refractivity contribution >= 4 is 18.3 Å². The Morgan fingerprint density at radius 2 is 1.85 bits per heavy atom. The topological polar surface area (TPSA) is 44.4 Å². The predicted octanol–water partition coefficient (Wildman–Crippen LogP) is 1.40. The molecule has 2 N–H and O–H groups in total. The van der Waals surface area contributed by atoms with Crippen molar-refractivity contribution in [1.29, 1.82) is 0 Å². The third kappa shape index (κ3) is 4.34. The van der Waals surface area contributed by atoms with E-state index >= 15 is 0 Å². The third-order valence-electron chi connectivity index (χ3n) is 4.87. The van der Waals surface area contributed by atoms with Crippen LogP contribution in [0.1, 0.15) is 38.5 Å². The van der Waals surface area contributed by atoms with Gasteiger partial charge in [0, 0.05) is 18.6 Å². The van der Waals surface area contributed by atoms with Crippen LogP contribution in [-0.4, -0.2) is 49.6 Å².